The standard InChI is InChI=1S/C17H16N2OS/c1-20-16(12-7-3-2-4-8-12)17-19-15(11-21-17)13-9-5-6-10-14(13)18/h2-11,16H,18H2,1H3. The predicted octanol–water partition coefficient (Wildman–Crippen LogP) is 4.13. The SMILES string of the molecule is COC(c1ccccc1)c1nc(-c2ccccc2N)cs1. The summed E-state index contributed by atoms with van der Waals surface area (Å²) in [5.41, 5.74) is 9.71. The molecule has 0 aliphatic carbocycles. The van der Waals surface area contributed by atoms with Crippen LogP contribution in [-0.4, -0.2) is 12.1 Å². The molecule has 0 amide bonds. The van der Waals surface area contributed by atoms with Crippen molar-refractivity contribution in [1.29, 1.82) is 0 Å². The summed E-state index contributed by atoms with van der Waals surface area (Å²) in [4.78, 5) is 4.70. The first-order valence-electron chi connectivity index (χ1n) is 6.67. The summed E-state index contributed by atoms with van der Waals surface area (Å²) < 4.78 is 5.62. The van der Waals surface area contributed by atoms with E-state index in [4.69, 9.17) is 15.5 Å². The molecule has 106 valence electrons. The van der Waals surface area contributed by atoms with Crippen LogP contribution in [0.2, 0.25) is 0 Å². The van der Waals surface area contributed by atoms with Crippen molar-refractivity contribution >= 4 is 17.0 Å². The van der Waals surface area contributed by atoms with Gasteiger partial charge in [0.15, 0.2) is 0 Å². The van der Waals surface area contributed by atoms with Gasteiger partial charge < -0.3 is 10.5 Å². The van der Waals surface area contributed by atoms with Crippen LogP contribution in [0.4, 0.5) is 5.69 Å². The molecule has 4 heteroatoms. The Balaban J connectivity index is 1.96. The third kappa shape index (κ3) is 2.82. The molecule has 0 saturated carbocycles. The Bertz CT molecular complexity index is 724. The summed E-state index contributed by atoms with van der Waals surface area (Å²) in [7, 11) is 1.70. The molecule has 2 aromatic carbocycles. The summed E-state index contributed by atoms with van der Waals surface area (Å²) in [5, 5.41) is 2.96. The van der Waals surface area contributed by atoms with Crippen LogP contribution in [0.3, 0.4) is 0 Å². The van der Waals surface area contributed by atoms with Gasteiger partial charge in [0.25, 0.3) is 0 Å². The minimum Gasteiger partial charge on any atom is -0.398 e. The number of nitrogen functional groups attached to an aromatic ring is 1. The van der Waals surface area contributed by atoms with E-state index in [-0.39, 0.29) is 6.10 Å². The van der Waals surface area contributed by atoms with Gasteiger partial charge in [-0.15, -0.1) is 11.3 Å². The molecule has 0 fully saturated rings. The molecule has 1 aromatic heterocycles. The monoisotopic (exact) mass is 296 g/mol. The number of nitrogens with zero attached hydrogens (tertiary/aromatic N) is 1. The molecule has 0 radical (unpaired) electrons. The predicted molar refractivity (Wildman–Crippen MR) is 87.3 cm³/mol. The molecule has 0 spiro atoms. The van der Waals surface area contributed by atoms with Crippen LogP contribution in [0.1, 0.15) is 16.7 Å². The largest absolute Gasteiger partial charge is 0.398 e. The first-order valence-corrected chi connectivity index (χ1v) is 7.55. The summed E-state index contributed by atoms with van der Waals surface area (Å²) in [6.07, 6.45) is -0.144. The van der Waals surface area contributed by atoms with Gasteiger partial charge in [-0.25, -0.2) is 4.98 Å². The average Bonchev–Trinajstić information content (AvgIpc) is 2.99. The number of nitrogens with two attached hydrogens (primary N) is 1. The van der Waals surface area contributed by atoms with Crippen LogP contribution < -0.4 is 5.73 Å². The highest BCUT2D eigenvalue weighted by molar-refractivity contribution is 7.10. The highest BCUT2D eigenvalue weighted by Crippen LogP contribution is 2.32. The molecule has 2 N–H and O–H groups in total. The van der Waals surface area contributed by atoms with Gasteiger partial charge in [0.05, 0.1) is 5.69 Å². The Hall–Kier alpha value is -2.17. The van der Waals surface area contributed by atoms with Crippen molar-refractivity contribution in [3.05, 3.63) is 70.5 Å². The Morgan fingerprint density at radius 3 is 2.48 bits per heavy atom. The van der Waals surface area contributed by atoms with Crippen molar-refractivity contribution < 1.29 is 4.74 Å². The van der Waals surface area contributed by atoms with Crippen molar-refractivity contribution in [1.82, 2.24) is 4.98 Å². The molecule has 1 unspecified atom stereocenters. The van der Waals surface area contributed by atoms with Gasteiger partial charge in [-0.3, -0.25) is 0 Å². The van der Waals surface area contributed by atoms with Crippen molar-refractivity contribution in [2.75, 3.05) is 12.8 Å². The first-order chi connectivity index (χ1) is 10.3. The summed E-state index contributed by atoms with van der Waals surface area (Å²) in [6.45, 7) is 0. The van der Waals surface area contributed by atoms with Crippen LogP contribution in [0, 0.1) is 0 Å². The van der Waals surface area contributed by atoms with Crippen molar-refractivity contribution in [2.24, 2.45) is 0 Å². The fraction of sp³-hybridized carbons (Fsp3) is 0.118. The molecule has 0 bridgehead atoms. The van der Waals surface area contributed by atoms with E-state index in [9.17, 15) is 0 Å². The second-order valence-corrected chi connectivity index (χ2v) is 5.57. The highest BCUT2D eigenvalue weighted by atomic mass is 32.1. The van der Waals surface area contributed by atoms with Crippen molar-refractivity contribution in [2.45, 2.75) is 6.10 Å². The number of methoxy groups -OCH3 is 1. The van der Waals surface area contributed by atoms with Gasteiger partial charge in [0, 0.05) is 23.7 Å². The van der Waals surface area contributed by atoms with Gasteiger partial charge in [0.2, 0.25) is 0 Å². The fourth-order valence-corrected chi connectivity index (χ4v) is 3.19. The molecule has 3 nitrogen and oxygen atoms in total. The minimum absolute atomic E-state index is 0.144. The number of ether oxygens (including phenoxy) is 1. The zero-order valence-corrected chi connectivity index (χ0v) is 12.5. The number of hydrogen-bond acceptors (Lipinski definition) is 4. The van der Waals surface area contributed by atoms with E-state index >= 15 is 0 Å². The number of rotatable bonds is 4. The lowest BCUT2D eigenvalue weighted by Crippen LogP contribution is -2.02. The fourth-order valence-electron chi connectivity index (χ4n) is 2.27. The van der Waals surface area contributed by atoms with Crippen LogP contribution in [-0.2, 0) is 4.74 Å². The Labute approximate surface area is 128 Å². The third-order valence-corrected chi connectivity index (χ3v) is 4.21. The summed E-state index contributed by atoms with van der Waals surface area (Å²) in [6, 6.07) is 17.9. The maximum atomic E-state index is 6.01. The van der Waals surface area contributed by atoms with Crippen molar-refractivity contribution in [3.63, 3.8) is 0 Å². The van der Waals surface area contributed by atoms with Crippen LogP contribution >= 0.6 is 11.3 Å². The van der Waals surface area contributed by atoms with E-state index < -0.39 is 0 Å². The van der Waals surface area contributed by atoms with E-state index in [1.165, 1.54) is 0 Å². The molecule has 21 heavy (non-hydrogen) atoms. The van der Waals surface area contributed by atoms with E-state index in [0.29, 0.717) is 0 Å². The molecule has 1 heterocycles. The van der Waals surface area contributed by atoms with Gasteiger partial charge in [-0.05, 0) is 11.6 Å². The molecule has 1 atom stereocenters. The maximum Gasteiger partial charge on any atom is 0.134 e. The van der Waals surface area contributed by atoms with Gasteiger partial charge in [-0.2, -0.15) is 0 Å². The summed E-state index contributed by atoms with van der Waals surface area (Å²) >= 11 is 1.59. The molecular formula is C17H16N2OS. The molecule has 0 aliphatic rings. The van der Waals surface area contributed by atoms with Crippen molar-refractivity contribution in [3.8, 4) is 11.3 Å². The first kappa shape index (κ1) is 13.8. The number of anilines is 1. The third-order valence-electron chi connectivity index (χ3n) is 3.32. The Morgan fingerprint density at radius 2 is 1.76 bits per heavy atom. The lowest BCUT2D eigenvalue weighted by atomic mass is 10.1. The number of para-hydroxylation sites is 1. The number of hydrogen-bond donors (Lipinski definition) is 1. The topological polar surface area (TPSA) is 48.1 Å². The Morgan fingerprint density at radius 1 is 1.05 bits per heavy atom. The van der Waals surface area contributed by atoms with Crippen LogP contribution in [0.15, 0.2) is 60.0 Å². The normalized spacial score (nSPS) is 12.2. The van der Waals surface area contributed by atoms with Gasteiger partial charge >= 0.3 is 0 Å². The van der Waals surface area contributed by atoms with Gasteiger partial charge in [0.1, 0.15) is 11.1 Å². The number of thiazole rings is 1. The highest BCUT2D eigenvalue weighted by Gasteiger charge is 2.18. The van der Waals surface area contributed by atoms with E-state index in [2.05, 4.69) is 0 Å². The zero-order valence-electron chi connectivity index (χ0n) is 11.7. The van der Waals surface area contributed by atoms with Gasteiger partial charge in [-0.1, -0.05) is 48.5 Å². The molecule has 3 rings (SSSR count). The molecule has 0 aliphatic heterocycles. The second kappa shape index (κ2) is 6.08. The van der Waals surface area contributed by atoms with E-state index in [0.717, 1.165) is 27.5 Å². The lowest BCUT2D eigenvalue weighted by molar-refractivity contribution is 0.136. The average molecular weight is 296 g/mol. The van der Waals surface area contributed by atoms with Crippen LogP contribution in [0.25, 0.3) is 11.3 Å². The number of benzene rings is 2. The van der Waals surface area contributed by atoms with E-state index in [1.54, 1.807) is 18.4 Å². The number of aromatic nitrogens is 1. The lowest BCUT2D eigenvalue weighted by Gasteiger charge is -2.12. The van der Waals surface area contributed by atoms with Crippen LogP contribution in [0.5, 0.6) is 0 Å². The zero-order chi connectivity index (χ0) is 14.7. The smallest absolute Gasteiger partial charge is 0.134 e. The second-order valence-electron chi connectivity index (χ2n) is 4.68. The quantitative estimate of drug-likeness (QED) is 0.736. The molecular weight excluding hydrogens is 280 g/mol. The molecule has 3 aromatic rings. The maximum absolute atomic E-state index is 6.01. The molecule has 0 saturated heterocycles. The summed E-state index contributed by atoms with van der Waals surface area (Å²) in [5.74, 6) is 0. The Kier molecular flexibility index (Phi) is 3.99. The minimum atomic E-state index is -0.144. The van der Waals surface area contributed by atoms with E-state index in [1.807, 2.05) is 60.0 Å².